The molecule has 1 nitrogen and oxygen atoms in total. The quantitative estimate of drug-likeness (QED) is 0.728. The summed E-state index contributed by atoms with van der Waals surface area (Å²) in [4.78, 5) is 3.98. The molecule has 1 aromatic rings. The van der Waals surface area contributed by atoms with Crippen LogP contribution in [0.1, 0.15) is 25.6 Å². The number of rotatable bonds is 7. The van der Waals surface area contributed by atoms with Crippen LogP contribution in [0.4, 0.5) is 0 Å². The predicted molar refractivity (Wildman–Crippen MR) is 77.5 cm³/mol. The van der Waals surface area contributed by atoms with Gasteiger partial charge in [0, 0.05) is 18.0 Å². The Kier molecular flexibility index (Phi) is 6.47. The van der Waals surface area contributed by atoms with E-state index in [-0.39, 0.29) is 0 Å². The van der Waals surface area contributed by atoms with Crippen LogP contribution >= 0.6 is 24.0 Å². The largest absolute Gasteiger partial charge is 0.298 e. The number of hydrogen-bond acceptors (Lipinski definition) is 3. The van der Waals surface area contributed by atoms with Crippen molar-refractivity contribution < 1.29 is 0 Å². The van der Waals surface area contributed by atoms with Gasteiger partial charge >= 0.3 is 0 Å². The van der Waals surface area contributed by atoms with Crippen LogP contribution in [0, 0.1) is 11.8 Å². The van der Waals surface area contributed by atoms with Crippen LogP contribution in [0.25, 0.3) is 0 Å². The van der Waals surface area contributed by atoms with E-state index in [4.69, 9.17) is 0 Å². The molecule has 0 aliphatic carbocycles. The molecule has 0 aliphatic rings. The molecule has 0 bridgehead atoms. The van der Waals surface area contributed by atoms with Crippen LogP contribution < -0.4 is 0 Å². The zero-order chi connectivity index (χ0) is 12.0. The average Bonchev–Trinajstić information content (AvgIpc) is 2.76. The lowest BCUT2D eigenvalue weighted by Gasteiger charge is -2.27. The van der Waals surface area contributed by atoms with Gasteiger partial charge in [0.25, 0.3) is 0 Å². The summed E-state index contributed by atoms with van der Waals surface area (Å²) in [6.07, 6.45) is 0. The molecule has 1 heterocycles. The number of hydrogen-bond donors (Lipinski definition) is 1. The van der Waals surface area contributed by atoms with E-state index in [2.05, 4.69) is 55.8 Å². The molecule has 1 atom stereocenters. The Morgan fingerprint density at radius 2 is 2.19 bits per heavy atom. The Morgan fingerprint density at radius 1 is 1.44 bits per heavy atom. The summed E-state index contributed by atoms with van der Waals surface area (Å²) < 4.78 is 0. The van der Waals surface area contributed by atoms with Crippen molar-refractivity contribution >= 4 is 24.0 Å². The maximum Gasteiger partial charge on any atom is 0.0327 e. The minimum absolute atomic E-state index is 0.697. The normalized spacial score (nSPS) is 13.6. The minimum atomic E-state index is 0.697. The predicted octanol–water partition coefficient (Wildman–Crippen LogP) is 3.77. The lowest BCUT2D eigenvalue weighted by Crippen LogP contribution is -2.32. The Hall–Kier alpha value is 0.01000. The second-order valence-corrected chi connectivity index (χ2v) is 5.99. The van der Waals surface area contributed by atoms with E-state index in [0.717, 1.165) is 31.3 Å². The molecule has 0 amide bonds. The van der Waals surface area contributed by atoms with Gasteiger partial charge in [0.15, 0.2) is 0 Å². The summed E-state index contributed by atoms with van der Waals surface area (Å²) in [6.45, 7) is 10.2. The third-order valence-electron chi connectivity index (χ3n) is 3.08. The summed E-state index contributed by atoms with van der Waals surface area (Å²) in [5, 5.41) is 2.15. The fourth-order valence-corrected chi connectivity index (χ4v) is 3.02. The van der Waals surface area contributed by atoms with Crippen LogP contribution in [0.2, 0.25) is 0 Å². The first-order valence-corrected chi connectivity index (χ1v) is 7.54. The minimum Gasteiger partial charge on any atom is -0.298 e. The van der Waals surface area contributed by atoms with E-state index in [9.17, 15) is 0 Å². The Balaban J connectivity index is 2.48. The van der Waals surface area contributed by atoms with E-state index >= 15 is 0 Å². The fraction of sp³-hybridized carbons (Fsp3) is 0.692. The molecule has 1 unspecified atom stereocenters. The maximum atomic E-state index is 4.46. The molecular weight excluding hydrogens is 234 g/mol. The zero-order valence-corrected chi connectivity index (χ0v) is 12.2. The second-order valence-electron chi connectivity index (χ2n) is 4.59. The maximum absolute atomic E-state index is 4.46. The first-order valence-electron chi connectivity index (χ1n) is 6.03. The third kappa shape index (κ3) is 4.48. The Morgan fingerprint density at radius 3 is 2.62 bits per heavy atom. The molecule has 1 aromatic heterocycles. The number of thiol groups is 1. The average molecular weight is 257 g/mol. The van der Waals surface area contributed by atoms with Crippen molar-refractivity contribution in [3.8, 4) is 0 Å². The van der Waals surface area contributed by atoms with Gasteiger partial charge in [-0.05, 0) is 35.6 Å². The molecule has 0 saturated heterocycles. The van der Waals surface area contributed by atoms with Crippen molar-refractivity contribution in [2.24, 2.45) is 11.8 Å². The highest BCUT2D eigenvalue weighted by Gasteiger charge is 2.15. The van der Waals surface area contributed by atoms with Gasteiger partial charge in [-0.1, -0.05) is 26.8 Å². The molecule has 0 saturated carbocycles. The van der Waals surface area contributed by atoms with Crippen molar-refractivity contribution in [3.63, 3.8) is 0 Å². The summed E-state index contributed by atoms with van der Waals surface area (Å²) in [7, 11) is 0. The first-order chi connectivity index (χ1) is 7.67. The van der Waals surface area contributed by atoms with Gasteiger partial charge in [-0.25, -0.2) is 0 Å². The molecule has 16 heavy (non-hydrogen) atoms. The van der Waals surface area contributed by atoms with E-state index in [1.54, 1.807) is 0 Å². The molecule has 0 aromatic carbocycles. The van der Waals surface area contributed by atoms with Gasteiger partial charge < -0.3 is 0 Å². The Labute approximate surface area is 109 Å². The molecule has 3 heteroatoms. The standard InChI is InChI=1S/C13H23NS2/c1-4-14(8-12(10-15)11(2)3)9-13-6-5-7-16-13/h5-7,11-12,15H,4,8-10H2,1-3H3. The third-order valence-corrected chi connectivity index (χ3v) is 4.41. The van der Waals surface area contributed by atoms with Crippen molar-refractivity contribution in [1.82, 2.24) is 4.90 Å². The van der Waals surface area contributed by atoms with Crippen molar-refractivity contribution in [2.75, 3.05) is 18.8 Å². The van der Waals surface area contributed by atoms with Crippen LogP contribution in [0.3, 0.4) is 0 Å². The summed E-state index contributed by atoms with van der Waals surface area (Å²) >= 11 is 6.31. The molecule has 0 N–H and O–H groups in total. The highest BCUT2D eigenvalue weighted by Crippen LogP contribution is 2.17. The van der Waals surface area contributed by atoms with Crippen molar-refractivity contribution in [3.05, 3.63) is 22.4 Å². The highest BCUT2D eigenvalue weighted by molar-refractivity contribution is 7.80. The van der Waals surface area contributed by atoms with Gasteiger partial charge in [-0.3, -0.25) is 4.90 Å². The molecule has 0 radical (unpaired) electrons. The summed E-state index contributed by atoms with van der Waals surface area (Å²) in [5.41, 5.74) is 0. The monoisotopic (exact) mass is 257 g/mol. The molecule has 0 aliphatic heterocycles. The molecular formula is C13H23NS2. The molecule has 0 spiro atoms. The Bertz CT molecular complexity index is 269. The SMILES string of the molecule is CCN(Cc1cccs1)CC(CS)C(C)C. The summed E-state index contributed by atoms with van der Waals surface area (Å²) in [6, 6.07) is 4.35. The van der Waals surface area contributed by atoms with Crippen LogP contribution in [-0.2, 0) is 6.54 Å². The molecule has 1 rings (SSSR count). The van der Waals surface area contributed by atoms with Gasteiger partial charge in [-0.15, -0.1) is 11.3 Å². The lowest BCUT2D eigenvalue weighted by molar-refractivity contribution is 0.217. The topological polar surface area (TPSA) is 3.24 Å². The van der Waals surface area contributed by atoms with Crippen molar-refractivity contribution in [1.29, 1.82) is 0 Å². The van der Waals surface area contributed by atoms with Gasteiger partial charge in [0.1, 0.15) is 0 Å². The van der Waals surface area contributed by atoms with E-state index in [1.165, 1.54) is 4.88 Å². The first kappa shape index (κ1) is 14.1. The van der Waals surface area contributed by atoms with Gasteiger partial charge in [0.2, 0.25) is 0 Å². The highest BCUT2D eigenvalue weighted by atomic mass is 32.1. The number of nitrogens with zero attached hydrogens (tertiary/aromatic N) is 1. The fourth-order valence-electron chi connectivity index (χ4n) is 1.74. The van der Waals surface area contributed by atoms with Gasteiger partial charge in [0.05, 0.1) is 0 Å². The lowest BCUT2D eigenvalue weighted by atomic mass is 9.97. The second kappa shape index (κ2) is 7.36. The van der Waals surface area contributed by atoms with E-state index in [1.807, 2.05) is 11.3 Å². The summed E-state index contributed by atoms with van der Waals surface area (Å²) in [5.74, 6) is 2.40. The smallest absolute Gasteiger partial charge is 0.0327 e. The zero-order valence-electron chi connectivity index (χ0n) is 10.5. The van der Waals surface area contributed by atoms with E-state index < -0.39 is 0 Å². The number of thiophene rings is 1. The van der Waals surface area contributed by atoms with Crippen LogP contribution in [0.5, 0.6) is 0 Å². The van der Waals surface area contributed by atoms with Crippen LogP contribution in [-0.4, -0.2) is 23.7 Å². The van der Waals surface area contributed by atoms with Crippen LogP contribution in [0.15, 0.2) is 17.5 Å². The van der Waals surface area contributed by atoms with E-state index in [0.29, 0.717) is 5.92 Å². The molecule has 92 valence electrons. The molecule has 0 fully saturated rings. The van der Waals surface area contributed by atoms with Crippen molar-refractivity contribution in [2.45, 2.75) is 27.3 Å². The van der Waals surface area contributed by atoms with Gasteiger partial charge in [-0.2, -0.15) is 12.6 Å².